The molecule has 2 N–H and O–H groups in total. The van der Waals surface area contributed by atoms with Crippen LogP contribution in [-0.4, -0.2) is 47.8 Å². The molecule has 7 heteroatoms. The zero-order valence-electron chi connectivity index (χ0n) is 18.6. The first-order valence-electron chi connectivity index (χ1n) is 11.7. The largest absolute Gasteiger partial charge is 0.351 e. The van der Waals surface area contributed by atoms with E-state index in [1.807, 2.05) is 18.2 Å². The molecule has 6 nitrogen and oxygen atoms in total. The molecule has 1 aliphatic heterocycles. The molecular weight excluding hydrogens is 438 g/mol. The third-order valence-corrected chi connectivity index (χ3v) is 6.91. The molecule has 0 radical (unpaired) electrons. The van der Waals surface area contributed by atoms with Crippen molar-refractivity contribution in [2.24, 2.45) is 5.92 Å². The maximum Gasteiger partial charge on any atom is 0.253 e. The maximum atomic E-state index is 13.0. The summed E-state index contributed by atoms with van der Waals surface area (Å²) in [5.74, 6) is -0.251. The fourth-order valence-corrected chi connectivity index (χ4v) is 4.96. The van der Waals surface area contributed by atoms with Gasteiger partial charge in [0.25, 0.3) is 11.8 Å². The van der Waals surface area contributed by atoms with Crippen molar-refractivity contribution >= 4 is 29.3 Å². The van der Waals surface area contributed by atoms with E-state index in [1.165, 1.54) is 0 Å². The Kier molecular flexibility index (Phi) is 7.65. The summed E-state index contributed by atoms with van der Waals surface area (Å²) in [4.78, 5) is 40.2. The van der Waals surface area contributed by atoms with Crippen LogP contribution in [0.3, 0.4) is 0 Å². The summed E-state index contributed by atoms with van der Waals surface area (Å²) in [5.41, 5.74) is 1.20. The van der Waals surface area contributed by atoms with Gasteiger partial charge in [0, 0.05) is 47.2 Å². The Morgan fingerprint density at radius 2 is 1.42 bits per heavy atom. The Morgan fingerprint density at radius 3 is 2.09 bits per heavy atom. The molecule has 0 spiro atoms. The molecule has 1 aliphatic carbocycles. The van der Waals surface area contributed by atoms with E-state index in [9.17, 15) is 14.4 Å². The summed E-state index contributed by atoms with van der Waals surface area (Å²) in [6.07, 6.45) is 5.05. The first kappa shape index (κ1) is 23.3. The molecule has 174 valence electrons. The summed E-state index contributed by atoms with van der Waals surface area (Å²) >= 11 is 6.01. The first-order valence-corrected chi connectivity index (χ1v) is 12.1. The van der Waals surface area contributed by atoms with Gasteiger partial charge in [-0.1, -0.05) is 48.7 Å². The second-order valence-corrected chi connectivity index (χ2v) is 9.36. The highest BCUT2D eigenvalue weighted by atomic mass is 35.5. The van der Waals surface area contributed by atoms with Crippen molar-refractivity contribution in [2.75, 3.05) is 13.1 Å². The molecule has 0 aromatic heterocycles. The van der Waals surface area contributed by atoms with Gasteiger partial charge >= 0.3 is 0 Å². The summed E-state index contributed by atoms with van der Waals surface area (Å²) in [5, 5.41) is 6.86. The summed E-state index contributed by atoms with van der Waals surface area (Å²) in [7, 11) is 0. The van der Waals surface area contributed by atoms with Crippen LogP contribution in [-0.2, 0) is 4.79 Å². The number of piperidine rings is 1. The molecule has 1 heterocycles. The molecule has 1 saturated heterocycles. The minimum Gasteiger partial charge on any atom is -0.351 e. The number of nitrogens with zero attached hydrogens (tertiary/aromatic N) is 1. The molecule has 2 aromatic carbocycles. The lowest BCUT2D eigenvalue weighted by atomic mass is 9.88. The van der Waals surface area contributed by atoms with Crippen molar-refractivity contribution in [2.45, 2.75) is 50.6 Å². The van der Waals surface area contributed by atoms with Gasteiger partial charge in [0.15, 0.2) is 0 Å². The Bertz CT molecular complexity index is 989. The van der Waals surface area contributed by atoms with Crippen molar-refractivity contribution in [1.82, 2.24) is 15.5 Å². The van der Waals surface area contributed by atoms with Crippen molar-refractivity contribution in [1.29, 1.82) is 0 Å². The van der Waals surface area contributed by atoms with Crippen LogP contribution < -0.4 is 10.6 Å². The number of hydrogen-bond acceptors (Lipinski definition) is 3. The minimum atomic E-state index is -0.124. The van der Waals surface area contributed by atoms with Crippen LogP contribution in [0.5, 0.6) is 0 Å². The second kappa shape index (κ2) is 10.8. The van der Waals surface area contributed by atoms with Crippen molar-refractivity contribution in [3.05, 3.63) is 70.7 Å². The van der Waals surface area contributed by atoms with Crippen LogP contribution >= 0.6 is 11.6 Å². The second-order valence-electron chi connectivity index (χ2n) is 8.92. The monoisotopic (exact) mass is 467 g/mol. The molecule has 0 bridgehead atoms. The highest BCUT2D eigenvalue weighted by molar-refractivity contribution is 6.30. The van der Waals surface area contributed by atoms with Crippen LogP contribution in [0.25, 0.3) is 0 Å². The molecule has 1 saturated carbocycles. The highest BCUT2D eigenvalue weighted by Crippen LogP contribution is 2.23. The standard InChI is InChI=1S/C26H30ClN3O3/c27-21-10-6-9-20(17-21)26(33)30-15-13-19(14-16-30)25(32)29-23-12-5-4-11-22(23)28-24(31)18-7-2-1-3-8-18/h1-3,6-10,17,19,22-23H,4-5,11-16H2,(H,28,31)(H,29,32)/t22-,23-/m1/s1. The van der Waals surface area contributed by atoms with Crippen LogP contribution in [0.4, 0.5) is 0 Å². The quantitative estimate of drug-likeness (QED) is 0.696. The Hall–Kier alpha value is -2.86. The lowest BCUT2D eigenvalue weighted by molar-refractivity contribution is -0.127. The third-order valence-electron chi connectivity index (χ3n) is 6.67. The van der Waals surface area contributed by atoms with Gasteiger partial charge in [0.05, 0.1) is 0 Å². The molecule has 4 rings (SSSR count). The van der Waals surface area contributed by atoms with E-state index in [1.54, 1.807) is 41.3 Å². The van der Waals surface area contributed by atoms with Gasteiger partial charge in [0.2, 0.25) is 5.91 Å². The van der Waals surface area contributed by atoms with Crippen LogP contribution in [0.15, 0.2) is 54.6 Å². The Balaban J connectivity index is 1.30. The number of likely N-dealkylation sites (tertiary alicyclic amines) is 1. The Labute approximate surface area is 199 Å². The lowest BCUT2D eigenvalue weighted by Crippen LogP contribution is -2.55. The number of halogens is 1. The van der Waals surface area contributed by atoms with Gasteiger partial charge in [-0.3, -0.25) is 14.4 Å². The van der Waals surface area contributed by atoms with Gasteiger partial charge < -0.3 is 15.5 Å². The van der Waals surface area contributed by atoms with Gasteiger partial charge in [-0.05, 0) is 56.0 Å². The predicted molar refractivity (Wildman–Crippen MR) is 128 cm³/mol. The van der Waals surface area contributed by atoms with E-state index >= 15 is 0 Å². The fraction of sp³-hybridized carbons (Fsp3) is 0.423. The SMILES string of the molecule is O=C(N[C@@H]1CCCC[C@H]1NC(=O)C1CCN(C(=O)c2cccc(Cl)c2)CC1)c1ccccc1. The lowest BCUT2D eigenvalue weighted by Gasteiger charge is -2.36. The topological polar surface area (TPSA) is 78.5 Å². The normalized spacial score (nSPS) is 21.3. The number of benzene rings is 2. The van der Waals surface area contributed by atoms with Crippen molar-refractivity contribution in [3.63, 3.8) is 0 Å². The average molecular weight is 468 g/mol. The van der Waals surface area contributed by atoms with E-state index < -0.39 is 0 Å². The summed E-state index contributed by atoms with van der Waals surface area (Å²) in [6, 6.07) is 16.0. The van der Waals surface area contributed by atoms with E-state index in [-0.39, 0.29) is 35.7 Å². The zero-order chi connectivity index (χ0) is 23.2. The van der Waals surface area contributed by atoms with Gasteiger partial charge in [0.1, 0.15) is 0 Å². The van der Waals surface area contributed by atoms with Crippen LogP contribution in [0, 0.1) is 5.92 Å². The number of amides is 3. The van der Waals surface area contributed by atoms with E-state index in [2.05, 4.69) is 10.6 Å². The number of carbonyl (C=O) groups is 3. The zero-order valence-corrected chi connectivity index (χ0v) is 19.4. The van der Waals surface area contributed by atoms with Crippen LogP contribution in [0.1, 0.15) is 59.2 Å². The molecule has 2 fully saturated rings. The number of hydrogen-bond donors (Lipinski definition) is 2. The van der Waals surface area contributed by atoms with Gasteiger partial charge in [-0.2, -0.15) is 0 Å². The van der Waals surface area contributed by atoms with Crippen molar-refractivity contribution in [3.8, 4) is 0 Å². The Morgan fingerprint density at radius 1 is 0.788 bits per heavy atom. The van der Waals surface area contributed by atoms with E-state index in [0.29, 0.717) is 42.1 Å². The molecular formula is C26H30ClN3O3. The van der Waals surface area contributed by atoms with E-state index in [4.69, 9.17) is 11.6 Å². The minimum absolute atomic E-state index is 0.0238. The van der Waals surface area contributed by atoms with Gasteiger partial charge in [-0.15, -0.1) is 0 Å². The van der Waals surface area contributed by atoms with E-state index in [0.717, 1.165) is 25.7 Å². The highest BCUT2D eigenvalue weighted by Gasteiger charge is 2.32. The summed E-state index contributed by atoms with van der Waals surface area (Å²) in [6.45, 7) is 1.09. The predicted octanol–water partition coefficient (Wildman–Crippen LogP) is 4.05. The molecule has 3 amide bonds. The van der Waals surface area contributed by atoms with Crippen molar-refractivity contribution < 1.29 is 14.4 Å². The van der Waals surface area contributed by atoms with Gasteiger partial charge in [-0.25, -0.2) is 0 Å². The average Bonchev–Trinajstić information content (AvgIpc) is 2.85. The van der Waals surface area contributed by atoms with Crippen LogP contribution in [0.2, 0.25) is 5.02 Å². The number of rotatable bonds is 5. The molecule has 33 heavy (non-hydrogen) atoms. The maximum absolute atomic E-state index is 13.0. The molecule has 0 unspecified atom stereocenters. The molecule has 2 atom stereocenters. The first-order chi connectivity index (χ1) is 16.0. The molecule has 2 aromatic rings. The summed E-state index contributed by atoms with van der Waals surface area (Å²) < 4.78 is 0. The third kappa shape index (κ3) is 5.93. The number of carbonyl (C=O) groups excluding carboxylic acids is 3. The number of nitrogens with one attached hydrogen (secondary N) is 2. The smallest absolute Gasteiger partial charge is 0.253 e. The fourth-order valence-electron chi connectivity index (χ4n) is 4.77. The molecule has 2 aliphatic rings.